The molecule has 0 aliphatic carbocycles. The number of benzene rings is 1. The minimum Gasteiger partial charge on any atom is -0.426 e. The quantitative estimate of drug-likeness (QED) is 0.407. The standard InChI is InChI=1S/C10H10O4/c1-7(11)13-9-5-3-2-4-8(9)10-6-12-14-10/h2-5,10H,6H2,1H3. The highest BCUT2D eigenvalue weighted by atomic mass is 17.2. The van der Waals surface area contributed by atoms with Crippen molar-refractivity contribution in [1.82, 2.24) is 0 Å². The predicted molar refractivity (Wildman–Crippen MR) is 47.5 cm³/mol. The molecule has 0 saturated carbocycles. The molecule has 1 aromatic carbocycles. The Bertz CT molecular complexity index is 344. The fraction of sp³-hybridized carbons (Fsp3) is 0.300. The number of hydrogen-bond donors (Lipinski definition) is 0. The Morgan fingerprint density at radius 1 is 1.50 bits per heavy atom. The first-order valence-corrected chi connectivity index (χ1v) is 4.33. The molecule has 1 heterocycles. The number of carbonyl (C=O) groups excluding carboxylic acids is 1. The third-order valence-electron chi connectivity index (χ3n) is 1.92. The highest BCUT2D eigenvalue weighted by molar-refractivity contribution is 5.69. The van der Waals surface area contributed by atoms with Crippen molar-refractivity contribution in [2.24, 2.45) is 0 Å². The van der Waals surface area contributed by atoms with E-state index in [2.05, 4.69) is 4.89 Å². The molecule has 14 heavy (non-hydrogen) atoms. The van der Waals surface area contributed by atoms with Gasteiger partial charge < -0.3 is 4.74 Å². The summed E-state index contributed by atoms with van der Waals surface area (Å²) >= 11 is 0. The zero-order chi connectivity index (χ0) is 9.97. The van der Waals surface area contributed by atoms with Crippen LogP contribution in [0.3, 0.4) is 0 Å². The summed E-state index contributed by atoms with van der Waals surface area (Å²) in [4.78, 5) is 20.3. The van der Waals surface area contributed by atoms with Crippen LogP contribution in [0.2, 0.25) is 0 Å². The molecule has 1 fully saturated rings. The lowest BCUT2D eigenvalue weighted by Crippen LogP contribution is -2.23. The molecule has 0 aromatic heterocycles. The maximum Gasteiger partial charge on any atom is 0.308 e. The first kappa shape index (κ1) is 9.18. The molecule has 1 unspecified atom stereocenters. The molecule has 0 N–H and O–H groups in total. The fourth-order valence-corrected chi connectivity index (χ4v) is 1.27. The number of ether oxygens (including phenoxy) is 1. The number of hydrogen-bond acceptors (Lipinski definition) is 4. The SMILES string of the molecule is CC(=O)Oc1ccccc1C1COO1. The topological polar surface area (TPSA) is 44.8 Å². The number of para-hydroxylation sites is 1. The Morgan fingerprint density at radius 2 is 2.21 bits per heavy atom. The normalized spacial score (nSPS) is 19.9. The molecule has 2 rings (SSSR count). The van der Waals surface area contributed by atoms with Gasteiger partial charge in [-0.1, -0.05) is 18.2 Å². The molecule has 0 bridgehead atoms. The Hall–Kier alpha value is -1.39. The average molecular weight is 194 g/mol. The highest BCUT2D eigenvalue weighted by Crippen LogP contribution is 2.32. The first-order valence-electron chi connectivity index (χ1n) is 4.33. The van der Waals surface area contributed by atoms with Gasteiger partial charge in [-0.25, -0.2) is 9.78 Å². The molecule has 74 valence electrons. The Morgan fingerprint density at radius 3 is 2.79 bits per heavy atom. The Kier molecular flexibility index (Phi) is 2.47. The maximum absolute atomic E-state index is 10.8. The van der Waals surface area contributed by atoms with Crippen LogP contribution in [0.1, 0.15) is 18.6 Å². The van der Waals surface area contributed by atoms with Crippen LogP contribution in [-0.2, 0) is 14.6 Å². The fourth-order valence-electron chi connectivity index (χ4n) is 1.27. The molecule has 0 spiro atoms. The summed E-state index contributed by atoms with van der Waals surface area (Å²) < 4.78 is 5.03. The largest absolute Gasteiger partial charge is 0.426 e. The van der Waals surface area contributed by atoms with Gasteiger partial charge in [0.2, 0.25) is 0 Å². The van der Waals surface area contributed by atoms with Crippen molar-refractivity contribution in [3.63, 3.8) is 0 Å². The third kappa shape index (κ3) is 1.76. The number of esters is 1. The lowest BCUT2D eigenvalue weighted by atomic mass is 10.1. The Balaban J connectivity index is 2.23. The van der Waals surface area contributed by atoms with Crippen molar-refractivity contribution in [2.45, 2.75) is 13.0 Å². The van der Waals surface area contributed by atoms with Gasteiger partial charge >= 0.3 is 5.97 Å². The van der Waals surface area contributed by atoms with Crippen molar-refractivity contribution in [2.75, 3.05) is 6.61 Å². The van der Waals surface area contributed by atoms with Crippen molar-refractivity contribution in [3.8, 4) is 5.75 Å². The van der Waals surface area contributed by atoms with Crippen molar-refractivity contribution >= 4 is 5.97 Å². The van der Waals surface area contributed by atoms with E-state index >= 15 is 0 Å². The van der Waals surface area contributed by atoms with Crippen LogP contribution >= 0.6 is 0 Å². The van der Waals surface area contributed by atoms with Crippen LogP contribution in [0.25, 0.3) is 0 Å². The summed E-state index contributed by atoms with van der Waals surface area (Å²) in [5.41, 5.74) is 0.842. The molecule has 1 aliphatic heterocycles. The summed E-state index contributed by atoms with van der Waals surface area (Å²) in [5, 5.41) is 0. The molecule has 0 amide bonds. The van der Waals surface area contributed by atoms with Gasteiger partial charge in [-0.3, -0.25) is 4.79 Å². The molecule has 4 heteroatoms. The van der Waals surface area contributed by atoms with E-state index in [1.54, 1.807) is 12.1 Å². The van der Waals surface area contributed by atoms with Crippen molar-refractivity contribution in [3.05, 3.63) is 29.8 Å². The lowest BCUT2D eigenvalue weighted by Gasteiger charge is -2.25. The molecule has 1 atom stereocenters. The summed E-state index contributed by atoms with van der Waals surface area (Å²) in [5.74, 6) is 0.200. The van der Waals surface area contributed by atoms with Gasteiger partial charge in [-0.05, 0) is 6.07 Å². The van der Waals surface area contributed by atoms with Crippen LogP contribution in [0.15, 0.2) is 24.3 Å². The zero-order valence-corrected chi connectivity index (χ0v) is 7.73. The molecular weight excluding hydrogens is 184 g/mol. The van der Waals surface area contributed by atoms with E-state index < -0.39 is 0 Å². The highest BCUT2D eigenvalue weighted by Gasteiger charge is 2.26. The van der Waals surface area contributed by atoms with E-state index in [4.69, 9.17) is 9.62 Å². The van der Waals surface area contributed by atoms with Gasteiger partial charge in [-0.15, -0.1) is 0 Å². The molecule has 4 nitrogen and oxygen atoms in total. The molecule has 1 saturated heterocycles. The van der Waals surface area contributed by atoms with Gasteiger partial charge in [0.05, 0.1) is 0 Å². The summed E-state index contributed by atoms with van der Waals surface area (Å²) in [7, 11) is 0. The number of carbonyl (C=O) groups is 1. The predicted octanol–water partition coefficient (Wildman–Crippen LogP) is 1.61. The molecular formula is C10H10O4. The van der Waals surface area contributed by atoms with E-state index in [1.165, 1.54) is 6.92 Å². The van der Waals surface area contributed by atoms with Gasteiger partial charge in [0.1, 0.15) is 18.5 Å². The second kappa shape index (κ2) is 3.77. The van der Waals surface area contributed by atoms with Crippen LogP contribution in [-0.4, -0.2) is 12.6 Å². The third-order valence-corrected chi connectivity index (χ3v) is 1.92. The number of rotatable bonds is 2. The average Bonchev–Trinajstić information content (AvgIpc) is 2.04. The zero-order valence-electron chi connectivity index (χ0n) is 7.73. The van der Waals surface area contributed by atoms with E-state index in [1.807, 2.05) is 12.1 Å². The van der Waals surface area contributed by atoms with Gasteiger partial charge in [0, 0.05) is 12.5 Å². The summed E-state index contributed by atoms with van der Waals surface area (Å²) in [6, 6.07) is 7.26. The van der Waals surface area contributed by atoms with Crippen LogP contribution in [0.4, 0.5) is 0 Å². The Labute approximate surface area is 81.3 Å². The van der Waals surface area contributed by atoms with E-state index in [9.17, 15) is 4.79 Å². The monoisotopic (exact) mass is 194 g/mol. The smallest absolute Gasteiger partial charge is 0.308 e. The lowest BCUT2D eigenvalue weighted by molar-refractivity contribution is -0.429. The minimum atomic E-state index is -0.335. The molecule has 0 radical (unpaired) electrons. The van der Waals surface area contributed by atoms with Crippen molar-refractivity contribution < 1.29 is 19.3 Å². The second-order valence-corrected chi connectivity index (χ2v) is 3.00. The van der Waals surface area contributed by atoms with Crippen molar-refractivity contribution in [1.29, 1.82) is 0 Å². The maximum atomic E-state index is 10.8. The van der Waals surface area contributed by atoms with E-state index in [0.717, 1.165) is 5.56 Å². The van der Waals surface area contributed by atoms with E-state index in [0.29, 0.717) is 12.4 Å². The van der Waals surface area contributed by atoms with Gasteiger partial charge in [0.25, 0.3) is 0 Å². The minimum absolute atomic E-state index is 0.120. The van der Waals surface area contributed by atoms with Gasteiger partial charge in [0.15, 0.2) is 0 Å². The first-order chi connectivity index (χ1) is 6.77. The summed E-state index contributed by atoms with van der Waals surface area (Å²) in [6.45, 7) is 1.87. The molecule has 1 aliphatic rings. The second-order valence-electron chi connectivity index (χ2n) is 3.00. The van der Waals surface area contributed by atoms with Crippen LogP contribution < -0.4 is 4.74 Å². The van der Waals surface area contributed by atoms with Gasteiger partial charge in [-0.2, -0.15) is 0 Å². The van der Waals surface area contributed by atoms with Crippen LogP contribution in [0.5, 0.6) is 5.75 Å². The van der Waals surface area contributed by atoms with Crippen LogP contribution in [0, 0.1) is 0 Å². The van der Waals surface area contributed by atoms with E-state index in [-0.39, 0.29) is 12.1 Å². The molecule has 1 aromatic rings. The summed E-state index contributed by atoms with van der Waals surface area (Å²) in [6.07, 6.45) is -0.120.